The zero-order chi connectivity index (χ0) is 13.4. The molecule has 2 rings (SSSR count). The molecule has 1 heterocycles. The molecule has 0 aliphatic carbocycles. The molecule has 2 N–H and O–H groups in total. The van der Waals surface area contributed by atoms with E-state index in [1.54, 1.807) is 11.8 Å². The number of benzene rings is 1. The zero-order valence-corrected chi connectivity index (χ0v) is 11.7. The number of halogens is 1. The summed E-state index contributed by atoms with van der Waals surface area (Å²) in [5.74, 6) is 1.38. The summed E-state index contributed by atoms with van der Waals surface area (Å²) >= 11 is 6.12. The number of methoxy groups -OCH3 is 1. The predicted octanol–water partition coefficient (Wildman–Crippen LogP) is 2.95. The van der Waals surface area contributed by atoms with Gasteiger partial charge in [0.25, 0.3) is 0 Å². The first-order valence-corrected chi connectivity index (χ1v) is 5.97. The van der Waals surface area contributed by atoms with Gasteiger partial charge in [0.1, 0.15) is 11.6 Å². The Morgan fingerprint density at radius 3 is 2.50 bits per heavy atom. The number of hydrogen-bond donors (Lipinski definition) is 1. The molecule has 1 aromatic heterocycles. The molecule has 0 spiro atoms. The van der Waals surface area contributed by atoms with Crippen LogP contribution in [0.1, 0.15) is 11.3 Å². The highest BCUT2D eigenvalue weighted by atomic mass is 35.5. The van der Waals surface area contributed by atoms with Crippen LogP contribution in [0.2, 0.25) is 5.02 Å². The SMILES string of the molecule is COc1c(C)cc(Cl)cc1-c1c(C)nn(C)c1N. The Morgan fingerprint density at radius 2 is 2.00 bits per heavy atom. The number of nitrogens with zero attached hydrogens (tertiary/aromatic N) is 2. The van der Waals surface area contributed by atoms with E-state index in [4.69, 9.17) is 22.1 Å². The maximum atomic E-state index is 6.12. The molecule has 5 heteroatoms. The van der Waals surface area contributed by atoms with E-state index in [0.29, 0.717) is 10.8 Å². The minimum Gasteiger partial charge on any atom is -0.496 e. The van der Waals surface area contributed by atoms with E-state index >= 15 is 0 Å². The normalized spacial score (nSPS) is 10.7. The lowest BCUT2D eigenvalue weighted by atomic mass is 10.0. The summed E-state index contributed by atoms with van der Waals surface area (Å²) in [7, 11) is 3.46. The number of nitrogen functional groups attached to an aromatic ring is 1. The van der Waals surface area contributed by atoms with Gasteiger partial charge < -0.3 is 10.5 Å². The molecule has 18 heavy (non-hydrogen) atoms. The molecular formula is C13H16ClN3O. The van der Waals surface area contributed by atoms with E-state index in [1.165, 1.54) is 0 Å². The summed E-state index contributed by atoms with van der Waals surface area (Å²) in [6.07, 6.45) is 0. The van der Waals surface area contributed by atoms with Crippen molar-refractivity contribution in [1.29, 1.82) is 0 Å². The van der Waals surface area contributed by atoms with Gasteiger partial charge in [0.2, 0.25) is 0 Å². The zero-order valence-electron chi connectivity index (χ0n) is 10.9. The van der Waals surface area contributed by atoms with E-state index in [-0.39, 0.29) is 0 Å². The number of anilines is 1. The van der Waals surface area contributed by atoms with Gasteiger partial charge in [-0.25, -0.2) is 0 Å². The van der Waals surface area contributed by atoms with Crippen molar-refractivity contribution in [3.05, 3.63) is 28.4 Å². The highest BCUT2D eigenvalue weighted by molar-refractivity contribution is 6.31. The lowest BCUT2D eigenvalue weighted by Crippen LogP contribution is -1.99. The van der Waals surface area contributed by atoms with Gasteiger partial charge in [-0.05, 0) is 31.5 Å². The second-order valence-electron chi connectivity index (χ2n) is 4.27. The monoisotopic (exact) mass is 265 g/mol. The van der Waals surface area contributed by atoms with Crippen molar-refractivity contribution < 1.29 is 4.74 Å². The van der Waals surface area contributed by atoms with Crippen LogP contribution in [0.3, 0.4) is 0 Å². The van der Waals surface area contributed by atoms with Crippen LogP contribution >= 0.6 is 11.6 Å². The third kappa shape index (κ3) is 1.93. The van der Waals surface area contributed by atoms with Crippen LogP contribution in [-0.2, 0) is 7.05 Å². The van der Waals surface area contributed by atoms with E-state index < -0.39 is 0 Å². The molecule has 0 saturated carbocycles. The van der Waals surface area contributed by atoms with Crippen molar-refractivity contribution in [3.8, 4) is 16.9 Å². The maximum absolute atomic E-state index is 6.12. The van der Waals surface area contributed by atoms with Crippen LogP contribution in [0.5, 0.6) is 5.75 Å². The molecular weight excluding hydrogens is 250 g/mol. The number of nitrogens with two attached hydrogens (primary N) is 1. The minimum absolute atomic E-state index is 0.604. The molecule has 4 nitrogen and oxygen atoms in total. The molecule has 0 saturated heterocycles. The summed E-state index contributed by atoms with van der Waals surface area (Å²) in [4.78, 5) is 0. The number of aryl methyl sites for hydroxylation is 3. The van der Waals surface area contributed by atoms with E-state index in [9.17, 15) is 0 Å². The molecule has 0 amide bonds. The van der Waals surface area contributed by atoms with E-state index in [0.717, 1.165) is 28.1 Å². The standard InChI is InChI=1S/C13H16ClN3O/c1-7-5-9(14)6-10(12(7)18-4)11-8(2)16-17(3)13(11)15/h5-6H,15H2,1-4H3. The fourth-order valence-corrected chi connectivity index (χ4v) is 2.47. The quantitative estimate of drug-likeness (QED) is 0.908. The molecule has 0 bridgehead atoms. The van der Waals surface area contributed by atoms with Crippen molar-refractivity contribution in [3.63, 3.8) is 0 Å². The Kier molecular flexibility index (Phi) is 3.22. The molecule has 1 aromatic carbocycles. The van der Waals surface area contributed by atoms with Crippen LogP contribution in [-0.4, -0.2) is 16.9 Å². The molecule has 2 aromatic rings. The number of hydrogen-bond acceptors (Lipinski definition) is 3. The van der Waals surface area contributed by atoms with Crippen molar-refractivity contribution in [1.82, 2.24) is 9.78 Å². The third-order valence-corrected chi connectivity index (χ3v) is 3.20. The van der Waals surface area contributed by atoms with Gasteiger partial charge in [-0.3, -0.25) is 4.68 Å². The van der Waals surface area contributed by atoms with Crippen LogP contribution in [0.25, 0.3) is 11.1 Å². The summed E-state index contributed by atoms with van der Waals surface area (Å²) in [5.41, 5.74) is 9.65. The predicted molar refractivity (Wildman–Crippen MR) is 74.1 cm³/mol. The smallest absolute Gasteiger partial charge is 0.129 e. The van der Waals surface area contributed by atoms with Crippen molar-refractivity contribution >= 4 is 17.4 Å². The lowest BCUT2D eigenvalue weighted by Gasteiger charge is -2.12. The molecule has 0 atom stereocenters. The van der Waals surface area contributed by atoms with Crippen molar-refractivity contribution in [2.75, 3.05) is 12.8 Å². The number of aromatic nitrogens is 2. The molecule has 0 aliphatic rings. The first-order chi connectivity index (χ1) is 8.45. The Labute approximate surface area is 111 Å². The van der Waals surface area contributed by atoms with Gasteiger partial charge in [-0.2, -0.15) is 5.10 Å². The van der Waals surface area contributed by atoms with Crippen LogP contribution in [0, 0.1) is 13.8 Å². The highest BCUT2D eigenvalue weighted by Crippen LogP contribution is 2.39. The fraction of sp³-hybridized carbons (Fsp3) is 0.308. The Balaban J connectivity index is 2.78. The van der Waals surface area contributed by atoms with Crippen LogP contribution < -0.4 is 10.5 Å². The first-order valence-electron chi connectivity index (χ1n) is 5.59. The van der Waals surface area contributed by atoms with Gasteiger partial charge in [0.05, 0.1) is 18.4 Å². The largest absolute Gasteiger partial charge is 0.496 e. The van der Waals surface area contributed by atoms with E-state index in [2.05, 4.69) is 5.10 Å². The van der Waals surface area contributed by atoms with Gasteiger partial charge in [0.15, 0.2) is 0 Å². The summed E-state index contributed by atoms with van der Waals surface area (Å²) in [5, 5.41) is 4.97. The molecule has 96 valence electrons. The Morgan fingerprint density at radius 1 is 1.33 bits per heavy atom. The van der Waals surface area contributed by atoms with Crippen LogP contribution in [0.15, 0.2) is 12.1 Å². The molecule has 0 radical (unpaired) electrons. The van der Waals surface area contributed by atoms with Gasteiger partial charge >= 0.3 is 0 Å². The van der Waals surface area contributed by atoms with Gasteiger partial charge in [-0.15, -0.1) is 0 Å². The Bertz CT molecular complexity index is 605. The lowest BCUT2D eigenvalue weighted by molar-refractivity contribution is 0.413. The molecule has 0 fully saturated rings. The first kappa shape index (κ1) is 12.8. The third-order valence-electron chi connectivity index (χ3n) is 2.98. The van der Waals surface area contributed by atoms with Gasteiger partial charge in [0, 0.05) is 17.6 Å². The van der Waals surface area contributed by atoms with Gasteiger partial charge in [-0.1, -0.05) is 11.6 Å². The van der Waals surface area contributed by atoms with Crippen molar-refractivity contribution in [2.24, 2.45) is 7.05 Å². The molecule has 0 unspecified atom stereocenters. The molecule has 0 aliphatic heterocycles. The maximum Gasteiger partial charge on any atom is 0.129 e. The second-order valence-corrected chi connectivity index (χ2v) is 4.71. The minimum atomic E-state index is 0.604. The fourth-order valence-electron chi connectivity index (χ4n) is 2.20. The van der Waals surface area contributed by atoms with Crippen LogP contribution in [0.4, 0.5) is 5.82 Å². The average Bonchev–Trinajstić information content (AvgIpc) is 2.52. The Hall–Kier alpha value is -1.68. The second kappa shape index (κ2) is 4.53. The number of ether oxygens (including phenoxy) is 1. The summed E-state index contributed by atoms with van der Waals surface area (Å²) in [6, 6.07) is 3.72. The van der Waals surface area contributed by atoms with E-state index in [1.807, 2.05) is 33.0 Å². The topological polar surface area (TPSA) is 53.1 Å². The highest BCUT2D eigenvalue weighted by Gasteiger charge is 2.18. The summed E-state index contributed by atoms with van der Waals surface area (Å²) in [6.45, 7) is 3.87. The van der Waals surface area contributed by atoms with Crippen molar-refractivity contribution in [2.45, 2.75) is 13.8 Å². The average molecular weight is 266 g/mol. The number of rotatable bonds is 2. The summed E-state index contributed by atoms with van der Waals surface area (Å²) < 4.78 is 7.11.